The van der Waals surface area contributed by atoms with Crippen LogP contribution in [0.25, 0.3) is 10.9 Å². The van der Waals surface area contributed by atoms with Gasteiger partial charge in [0.15, 0.2) is 0 Å². The van der Waals surface area contributed by atoms with Gasteiger partial charge in [-0.1, -0.05) is 19.3 Å². The number of hydrogen-bond acceptors (Lipinski definition) is 4. The van der Waals surface area contributed by atoms with Gasteiger partial charge in [-0.25, -0.2) is 4.39 Å². The molecule has 0 amide bonds. The zero-order valence-corrected chi connectivity index (χ0v) is 19.0. The highest BCUT2D eigenvalue weighted by atomic mass is 19.1. The van der Waals surface area contributed by atoms with E-state index in [1.807, 2.05) is 18.2 Å². The van der Waals surface area contributed by atoms with Gasteiger partial charge in [-0.15, -0.1) is 0 Å². The van der Waals surface area contributed by atoms with Crippen molar-refractivity contribution in [3.8, 4) is 5.75 Å². The van der Waals surface area contributed by atoms with Crippen LogP contribution in [-0.2, 0) is 4.79 Å². The average Bonchev–Trinajstić information content (AvgIpc) is 2.82. The maximum atomic E-state index is 15.3. The first kappa shape index (κ1) is 23.0. The van der Waals surface area contributed by atoms with Gasteiger partial charge in [-0.2, -0.15) is 0 Å². The minimum absolute atomic E-state index is 0.0241. The summed E-state index contributed by atoms with van der Waals surface area (Å²) in [5.41, 5.74) is 1.35. The Morgan fingerprint density at radius 2 is 2.06 bits per heavy atom. The molecular formula is C26H35FN2O3. The third-order valence-electron chi connectivity index (χ3n) is 7.51. The number of carboxylic acids is 1. The van der Waals surface area contributed by atoms with E-state index in [9.17, 15) is 9.90 Å². The summed E-state index contributed by atoms with van der Waals surface area (Å²) in [6, 6.07) is 7.22. The normalized spacial score (nSPS) is 23.8. The lowest BCUT2D eigenvalue weighted by atomic mass is 9.80. The van der Waals surface area contributed by atoms with Gasteiger partial charge in [0.1, 0.15) is 11.9 Å². The summed E-state index contributed by atoms with van der Waals surface area (Å²) in [7, 11) is 1.59. The Morgan fingerprint density at radius 3 is 2.81 bits per heavy atom. The van der Waals surface area contributed by atoms with Crippen molar-refractivity contribution in [2.45, 2.75) is 57.5 Å². The number of pyridine rings is 1. The van der Waals surface area contributed by atoms with E-state index in [1.54, 1.807) is 19.4 Å². The van der Waals surface area contributed by atoms with Crippen LogP contribution in [0.2, 0.25) is 0 Å². The van der Waals surface area contributed by atoms with Crippen LogP contribution in [0.3, 0.4) is 0 Å². The third-order valence-corrected chi connectivity index (χ3v) is 7.51. The number of fused-ring (bicyclic) bond motifs is 1. The molecule has 2 aromatic rings. The van der Waals surface area contributed by atoms with Crippen molar-refractivity contribution in [1.29, 1.82) is 0 Å². The van der Waals surface area contributed by atoms with Gasteiger partial charge in [0.05, 0.1) is 18.5 Å². The van der Waals surface area contributed by atoms with Crippen LogP contribution in [0.15, 0.2) is 30.5 Å². The van der Waals surface area contributed by atoms with Gasteiger partial charge >= 0.3 is 5.97 Å². The molecule has 2 heterocycles. The predicted molar refractivity (Wildman–Crippen MR) is 124 cm³/mol. The molecule has 1 N–H and O–H groups in total. The number of aromatic nitrogens is 1. The molecule has 5 nitrogen and oxygen atoms in total. The highest BCUT2D eigenvalue weighted by Crippen LogP contribution is 2.36. The minimum Gasteiger partial charge on any atom is -0.497 e. The Bertz CT molecular complexity index is 915. The molecule has 1 aliphatic carbocycles. The van der Waals surface area contributed by atoms with Gasteiger partial charge in [-0.3, -0.25) is 9.78 Å². The van der Waals surface area contributed by atoms with Gasteiger partial charge in [0.25, 0.3) is 0 Å². The van der Waals surface area contributed by atoms with Gasteiger partial charge in [-0.05, 0) is 80.3 Å². The highest BCUT2D eigenvalue weighted by molar-refractivity contribution is 5.83. The highest BCUT2D eigenvalue weighted by Gasteiger charge is 2.35. The number of carbonyl (C=O) groups is 1. The molecule has 1 aromatic heterocycles. The number of piperidine rings is 1. The van der Waals surface area contributed by atoms with E-state index in [1.165, 1.54) is 32.1 Å². The van der Waals surface area contributed by atoms with Crippen molar-refractivity contribution in [2.24, 2.45) is 17.8 Å². The Balaban J connectivity index is 1.38. The number of alkyl halides is 1. The molecule has 1 aliphatic heterocycles. The van der Waals surface area contributed by atoms with Crippen LogP contribution in [0.4, 0.5) is 4.39 Å². The van der Waals surface area contributed by atoms with Crippen molar-refractivity contribution < 1.29 is 19.0 Å². The average molecular weight is 443 g/mol. The maximum absolute atomic E-state index is 15.3. The summed E-state index contributed by atoms with van der Waals surface area (Å²) in [5, 5.41) is 10.6. The van der Waals surface area contributed by atoms with Crippen LogP contribution >= 0.6 is 0 Å². The maximum Gasteiger partial charge on any atom is 0.308 e. The van der Waals surface area contributed by atoms with E-state index in [2.05, 4.69) is 9.88 Å². The van der Waals surface area contributed by atoms with Crippen molar-refractivity contribution in [1.82, 2.24) is 9.88 Å². The second kappa shape index (κ2) is 10.6. The lowest BCUT2D eigenvalue weighted by Crippen LogP contribution is -2.45. The van der Waals surface area contributed by atoms with Crippen LogP contribution in [0.1, 0.15) is 63.1 Å². The summed E-state index contributed by atoms with van der Waals surface area (Å²) in [5.74, 6) is 0.264. The van der Waals surface area contributed by atoms with Crippen molar-refractivity contribution in [2.75, 3.05) is 26.7 Å². The topological polar surface area (TPSA) is 62.7 Å². The Labute approximate surface area is 190 Å². The first-order valence-corrected chi connectivity index (χ1v) is 12.1. The zero-order chi connectivity index (χ0) is 22.5. The molecule has 3 atom stereocenters. The van der Waals surface area contributed by atoms with Crippen molar-refractivity contribution in [3.63, 3.8) is 0 Å². The molecule has 1 unspecified atom stereocenters. The number of rotatable bonds is 8. The van der Waals surface area contributed by atoms with E-state index < -0.39 is 18.1 Å². The molecule has 32 heavy (non-hydrogen) atoms. The molecule has 4 rings (SSSR count). The first-order valence-electron chi connectivity index (χ1n) is 12.1. The third kappa shape index (κ3) is 5.40. The lowest BCUT2D eigenvalue weighted by Gasteiger charge is -2.39. The zero-order valence-electron chi connectivity index (χ0n) is 19.0. The summed E-state index contributed by atoms with van der Waals surface area (Å²) in [4.78, 5) is 18.7. The number of ether oxygens (including phenoxy) is 1. The van der Waals surface area contributed by atoms with E-state index >= 15 is 4.39 Å². The molecule has 0 spiro atoms. The molecule has 0 bridgehead atoms. The smallest absolute Gasteiger partial charge is 0.308 e. The van der Waals surface area contributed by atoms with Crippen molar-refractivity contribution >= 4 is 16.9 Å². The summed E-state index contributed by atoms with van der Waals surface area (Å²) in [6.45, 7) is 2.55. The van der Waals surface area contributed by atoms with Crippen LogP contribution < -0.4 is 4.74 Å². The monoisotopic (exact) mass is 442 g/mol. The number of halogens is 1. The molecule has 2 aliphatic rings. The summed E-state index contributed by atoms with van der Waals surface area (Å²) >= 11 is 0. The number of likely N-dealkylation sites (tertiary alicyclic amines) is 1. The van der Waals surface area contributed by atoms with E-state index in [-0.39, 0.29) is 5.92 Å². The molecule has 1 saturated heterocycles. The fourth-order valence-corrected chi connectivity index (χ4v) is 5.66. The van der Waals surface area contributed by atoms with Gasteiger partial charge in [0, 0.05) is 24.7 Å². The summed E-state index contributed by atoms with van der Waals surface area (Å²) in [6.07, 6.45) is 8.71. The predicted octanol–water partition coefficient (Wildman–Crippen LogP) is 5.64. The number of carboxylic acid groups (broad SMARTS) is 1. The number of nitrogens with zero attached hydrogens (tertiary/aromatic N) is 2. The Morgan fingerprint density at radius 1 is 1.25 bits per heavy atom. The first-order chi connectivity index (χ1) is 15.5. The molecular weight excluding hydrogens is 407 g/mol. The molecule has 2 fully saturated rings. The van der Waals surface area contributed by atoms with E-state index in [4.69, 9.17) is 4.74 Å². The van der Waals surface area contributed by atoms with Crippen LogP contribution in [0, 0.1) is 17.8 Å². The van der Waals surface area contributed by atoms with Crippen molar-refractivity contribution in [3.05, 3.63) is 36.0 Å². The molecule has 0 radical (unpaired) electrons. The lowest BCUT2D eigenvalue weighted by molar-refractivity contribution is -0.146. The molecule has 1 saturated carbocycles. The Hall–Kier alpha value is -2.21. The fraction of sp³-hybridized carbons (Fsp3) is 0.615. The van der Waals surface area contributed by atoms with E-state index in [0.717, 1.165) is 30.4 Å². The van der Waals surface area contributed by atoms with E-state index in [0.29, 0.717) is 36.6 Å². The Kier molecular flexibility index (Phi) is 7.61. The number of methoxy groups -OCH3 is 1. The van der Waals surface area contributed by atoms with Crippen LogP contribution in [0.5, 0.6) is 5.75 Å². The largest absolute Gasteiger partial charge is 0.497 e. The quantitative estimate of drug-likeness (QED) is 0.573. The second-order valence-corrected chi connectivity index (χ2v) is 9.59. The number of hydrogen-bond donors (Lipinski definition) is 1. The summed E-state index contributed by atoms with van der Waals surface area (Å²) < 4.78 is 20.6. The standard InChI is InChI=1S/C26H35FN2O3/c1-32-20-8-10-25-22(15-20)21(11-13-28-25)24(27)9-7-19-12-14-29(17-23(19)26(30)31)16-18-5-3-2-4-6-18/h8,10-11,13,15,18-19,23-24H,2-7,9,12,14,16-17H2,1H3,(H,30,31)/t19-,23+,24?/m1/s1. The molecule has 6 heteroatoms. The second-order valence-electron chi connectivity index (χ2n) is 9.59. The number of aliphatic carboxylic acids is 1. The van der Waals surface area contributed by atoms with Gasteiger partial charge in [0.2, 0.25) is 0 Å². The molecule has 1 aromatic carbocycles. The SMILES string of the molecule is COc1ccc2nccc(C(F)CC[C@@H]3CCN(CC4CCCCC4)C[C@@H]3C(=O)O)c2c1. The minimum atomic E-state index is -1.15. The van der Waals surface area contributed by atoms with Gasteiger partial charge < -0.3 is 14.7 Å². The molecule has 174 valence electrons. The van der Waals surface area contributed by atoms with Crippen LogP contribution in [-0.4, -0.2) is 47.7 Å². The number of benzene rings is 1. The fourth-order valence-electron chi connectivity index (χ4n) is 5.66.